The van der Waals surface area contributed by atoms with Crippen LogP contribution < -0.4 is 5.32 Å². The van der Waals surface area contributed by atoms with Crippen molar-refractivity contribution < 1.29 is 9.47 Å². The highest BCUT2D eigenvalue weighted by Gasteiger charge is 2.17. The van der Waals surface area contributed by atoms with E-state index < -0.39 is 0 Å². The van der Waals surface area contributed by atoms with Gasteiger partial charge in [0.05, 0.1) is 30.8 Å². The van der Waals surface area contributed by atoms with Gasteiger partial charge in [-0.1, -0.05) is 0 Å². The minimum Gasteiger partial charge on any atom is -0.379 e. The average Bonchev–Trinajstić information content (AvgIpc) is 2.26. The number of nitrogens with one attached hydrogen (secondary N) is 1. The number of ether oxygens (including phenoxy) is 2. The molecule has 4 nitrogen and oxygen atoms in total. The van der Waals surface area contributed by atoms with E-state index in [1.165, 1.54) is 0 Å². The molecule has 1 atom stereocenters. The zero-order valence-electron chi connectivity index (χ0n) is 9.58. The summed E-state index contributed by atoms with van der Waals surface area (Å²) in [6, 6.07) is 2.26. The first kappa shape index (κ1) is 12.4. The molecule has 1 fully saturated rings. The predicted molar refractivity (Wildman–Crippen MR) is 57.4 cm³/mol. The Morgan fingerprint density at radius 3 is 3.00 bits per heavy atom. The Bertz CT molecular complexity index is 217. The molecule has 1 unspecified atom stereocenters. The fourth-order valence-corrected chi connectivity index (χ4v) is 1.32. The molecule has 1 rings (SSSR count). The minimum atomic E-state index is -0.286. The zero-order valence-corrected chi connectivity index (χ0v) is 9.58. The molecular formula is C11H20N2O2. The Morgan fingerprint density at radius 2 is 2.40 bits per heavy atom. The van der Waals surface area contributed by atoms with Gasteiger partial charge in [-0.3, -0.25) is 0 Å². The fourth-order valence-electron chi connectivity index (χ4n) is 1.32. The second kappa shape index (κ2) is 6.06. The van der Waals surface area contributed by atoms with Crippen molar-refractivity contribution in [1.82, 2.24) is 5.32 Å². The lowest BCUT2D eigenvalue weighted by Gasteiger charge is -2.24. The SMILES string of the molecule is CC(C)(C#N)CCOCC1CNCCO1. The fraction of sp³-hybridized carbons (Fsp3) is 0.909. The van der Waals surface area contributed by atoms with Crippen molar-refractivity contribution in [2.45, 2.75) is 26.4 Å². The van der Waals surface area contributed by atoms with Gasteiger partial charge in [0.25, 0.3) is 0 Å². The van der Waals surface area contributed by atoms with Crippen LogP contribution in [0.3, 0.4) is 0 Å². The van der Waals surface area contributed by atoms with E-state index in [0.717, 1.165) is 26.1 Å². The molecule has 0 spiro atoms. The Balaban J connectivity index is 2.04. The summed E-state index contributed by atoms with van der Waals surface area (Å²) in [5.74, 6) is 0. The van der Waals surface area contributed by atoms with Crippen LogP contribution in [0.25, 0.3) is 0 Å². The van der Waals surface area contributed by atoms with Crippen molar-refractivity contribution in [1.29, 1.82) is 5.26 Å². The van der Waals surface area contributed by atoms with E-state index >= 15 is 0 Å². The van der Waals surface area contributed by atoms with E-state index in [1.807, 2.05) is 13.8 Å². The molecule has 1 N–H and O–H groups in total. The Morgan fingerprint density at radius 1 is 1.60 bits per heavy atom. The molecule has 0 aromatic rings. The van der Waals surface area contributed by atoms with Crippen LogP contribution in [0.15, 0.2) is 0 Å². The number of morpholine rings is 1. The van der Waals surface area contributed by atoms with Crippen LogP contribution in [-0.2, 0) is 9.47 Å². The summed E-state index contributed by atoms with van der Waals surface area (Å²) in [5, 5.41) is 12.0. The third-order valence-electron chi connectivity index (χ3n) is 2.48. The molecule has 86 valence electrons. The molecule has 0 saturated carbocycles. The van der Waals surface area contributed by atoms with E-state index in [9.17, 15) is 0 Å². The van der Waals surface area contributed by atoms with Crippen LogP contribution in [0.2, 0.25) is 0 Å². The monoisotopic (exact) mass is 212 g/mol. The Labute approximate surface area is 91.6 Å². The molecule has 15 heavy (non-hydrogen) atoms. The van der Waals surface area contributed by atoms with Gasteiger partial charge in [0.15, 0.2) is 0 Å². The zero-order chi connectivity index (χ0) is 11.1. The maximum Gasteiger partial charge on any atom is 0.0933 e. The summed E-state index contributed by atoms with van der Waals surface area (Å²) < 4.78 is 11.0. The Hall–Kier alpha value is -0.630. The summed E-state index contributed by atoms with van der Waals surface area (Å²) in [7, 11) is 0. The van der Waals surface area contributed by atoms with Gasteiger partial charge in [-0.05, 0) is 20.3 Å². The van der Waals surface area contributed by atoms with E-state index in [0.29, 0.717) is 13.2 Å². The summed E-state index contributed by atoms with van der Waals surface area (Å²) in [4.78, 5) is 0. The van der Waals surface area contributed by atoms with Crippen LogP contribution in [-0.4, -0.2) is 39.0 Å². The second-order valence-corrected chi connectivity index (χ2v) is 4.52. The van der Waals surface area contributed by atoms with Gasteiger partial charge < -0.3 is 14.8 Å². The molecule has 0 aromatic carbocycles. The van der Waals surface area contributed by atoms with Crippen molar-refractivity contribution >= 4 is 0 Å². The topological polar surface area (TPSA) is 54.3 Å². The minimum absolute atomic E-state index is 0.170. The van der Waals surface area contributed by atoms with Crippen LogP contribution >= 0.6 is 0 Å². The standard InChI is InChI=1S/C11H20N2O2/c1-11(2,9-12)3-5-14-8-10-7-13-4-6-15-10/h10,13H,3-8H2,1-2H3. The van der Waals surface area contributed by atoms with Gasteiger partial charge in [-0.15, -0.1) is 0 Å². The molecule has 0 aliphatic carbocycles. The van der Waals surface area contributed by atoms with Crippen LogP contribution in [0.4, 0.5) is 0 Å². The molecule has 0 bridgehead atoms. The summed E-state index contributed by atoms with van der Waals surface area (Å²) >= 11 is 0. The lowest BCUT2D eigenvalue weighted by molar-refractivity contribution is -0.0341. The number of rotatable bonds is 5. The summed E-state index contributed by atoms with van der Waals surface area (Å²) in [6.07, 6.45) is 0.938. The molecule has 0 radical (unpaired) electrons. The predicted octanol–water partition coefficient (Wildman–Crippen LogP) is 0.931. The molecule has 1 aliphatic heterocycles. The third kappa shape index (κ3) is 5.12. The summed E-state index contributed by atoms with van der Waals surface area (Å²) in [5.41, 5.74) is -0.286. The molecule has 1 aliphatic rings. The molecular weight excluding hydrogens is 192 g/mol. The molecule has 1 saturated heterocycles. The molecule has 1 heterocycles. The average molecular weight is 212 g/mol. The normalized spacial score (nSPS) is 22.3. The van der Waals surface area contributed by atoms with Crippen molar-refractivity contribution in [2.24, 2.45) is 5.41 Å². The van der Waals surface area contributed by atoms with Gasteiger partial charge in [0, 0.05) is 19.7 Å². The van der Waals surface area contributed by atoms with Gasteiger partial charge in [-0.2, -0.15) is 5.26 Å². The van der Waals surface area contributed by atoms with Crippen LogP contribution in [0.1, 0.15) is 20.3 Å². The highest BCUT2D eigenvalue weighted by atomic mass is 16.5. The second-order valence-electron chi connectivity index (χ2n) is 4.52. The van der Waals surface area contributed by atoms with Crippen molar-refractivity contribution in [3.63, 3.8) is 0 Å². The summed E-state index contributed by atoms with van der Waals surface area (Å²) in [6.45, 7) is 7.65. The van der Waals surface area contributed by atoms with E-state index in [1.54, 1.807) is 0 Å². The first-order valence-corrected chi connectivity index (χ1v) is 5.45. The van der Waals surface area contributed by atoms with Gasteiger partial charge >= 0.3 is 0 Å². The number of hydrogen-bond acceptors (Lipinski definition) is 4. The lowest BCUT2D eigenvalue weighted by Crippen LogP contribution is -2.41. The van der Waals surface area contributed by atoms with Crippen LogP contribution in [0, 0.1) is 16.7 Å². The highest BCUT2D eigenvalue weighted by molar-refractivity contribution is 4.91. The molecule has 0 aromatic heterocycles. The van der Waals surface area contributed by atoms with E-state index in [2.05, 4.69) is 11.4 Å². The largest absolute Gasteiger partial charge is 0.379 e. The van der Waals surface area contributed by atoms with E-state index in [-0.39, 0.29) is 11.5 Å². The maximum absolute atomic E-state index is 8.80. The molecule has 0 amide bonds. The lowest BCUT2D eigenvalue weighted by atomic mass is 9.92. The smallest absolute Gasteiger partial charge is 0.0933 e. The number of nitriles is 1. The quantitative estimate of drug-likeness (QED) is 0.689. The Kier molecular flexibility index (Phi) is 5.03. The number of hydrogen-bond donors (Lipinski definition) is 1. The van der Waals surface area contributed by atoms with Gasteiger partial charge in [0.2, 0.25) is 0 Å². The maximum atomic E-state index is 8.80. The highest BCUT2D eigenvalue weighted by Crippen LogP contribution is 2.18. The van der Waals surface area contributed by atoms with Gasteiger partial charge in [-0.25, -0.2) is 0 Å². The van der Waals surface area contributed by atoms with Crippen molar-refractivity contribution in [2.75, 3.05) is 32.9 Å². The van der Waals surface area contributed by atoms with E-state index in [4.69, 9.17) is 14.7 Å². The van der Waals surface area contributed by atoms with Crippen molar-refractivity contribution in [3.8, 4) is 6.07 Å². The van der Waals surface area contributed by atoms with Crippen molar-refractivity contribution in [3.05, 3.63) is 0 Å². The third-order valence-corrected chi connectivity index (χ3v) is 2.48. The van der Waals surface area contributed by atoms with Crippen LogP contribution in [0.5, 0.6) is 0 Å². The number of nitrogens with zero attached hydrogens (tertiary/aromatic N) is 1. The van der Waals surface area contributed by atoms with Gasteiger partial charge in [0.1, 0.15) is 0 Å². The molecule has 4 heteroatoms. The first-order chi connectivity index (χ1) is 7.14. The first-order valence-electron chi connectivity index (χ1n) is 5.45.